The summed E-state index contributed by atoms with van der Waals surface area (Å²) in [5.41, 5.74) is 3.69. The van der Waals surface area contributed by atoms with Crippen LogP contribution < -0.4 is 35.6 Å². The summed E-state index contributed by atoms with van der Waals surface area (Å²) in [6.45, 7) is -1.44. The Morgan fingerprint density at radius 2 is 1.88 bits per heavy atom. The second kappa shape index (κ2) is 9.72. The number of hydrogen-bond acceptors (Lipinski definition) is 10. The van der Waals surface area contributed by atoms with E-state index in [4.69, 9.17) is 31.5 Å². The fourth-order valence-corrected chi connectivity index (χ4v) is 6.24. The number of carbonyl (C=O) groups excluding carboxylic acids is 2. The van der Waals surface area contributed by atoms with Gasteiger partial charge in [0.15, 0.2) is 5.75 Å². The van der Waals surface area contributed by atoms with Gasteiger partial charge in [-0.2, -0.15) is 13.8 Å². The number of fused-ring (bicyclic) bond motifs is 2. The number of ether oxygens (including phenoxy) is 4. The SMILES string of the molecule is COc1cc(OC)c2c(c1Cl)O[C@@]1(C(=O)C3=C(C[C@H]1C)Nc1nc(N)[nH]c(=O)c1C3c1cccc(OC(F)F)c1)C2=O. The van der Waals surface area contributed by atoms with Gasteiger partial charge in [0.05, 0.1) is 19.8 Å². The number of carbonyl (C=O) groups is 2. The number of alkyl halides is 2. The maximum atomic E-state index is 14.7. The van der Waals surface area contributed by atoms with E-state index in [0.717, 1.165) is 0 Å². The third-order valence-electron chi connectivity index (χ3n) is 7.77. The topological polar surface area (TPSA) is 155 Å². The van der Waals surface area contributed by atoms with Crippen molar-refractivity contribution in [3.05, 3.63) is 73.7 Å². The molecule has 3 heterocycles. The molecule has 1 aromatic heterocycles. The predicted octanol–water partition coefficient (Wildman–Crippen LogP) is 4.06. The van der Waals surface area contributed by atoms with E-state index in [-0.39, 0.29) is 68.5 Å². The van der Waals surface area contributed by atoms with Gasteiger partial charge in [0.1, 0.15) is 33.7 Å². The van der Waals surface area contributed by atoms with E-state index >= 15 is 0 Å². The molecule has 14 heteroatoms. The number of hydrogen-bond donors (Lipinski definition) is 3. The lowest BCUT2D eigenvalue weighted by Gasteiger charge is -2.42. The predicted molar refractivity (Wildman–Crippen MR) is 146 cm³/mol. The van der Waals surface area contributed by atoms with Gasteiger partial charge < -0.3 is 30.0 Å². The average Bonchev–Trinajstić information content (AvgIpc) is 3.25. The normalized spacial score (nSPS) is 22.4. The van der Waals surface area contributed by atoms with Gasteiger partial charge >= 0.3 is 6.61 Å². The number of Topliss-reactive ketones (excluding diaryl/α,β-unsaturated/α-hetero) is 2. The van der Waals surface area contributed by atoms with E-state index in [2.05, 4.69) is 20.0 Å². The smallest absolute Gasteiger partial charge is 0.387 e. The Bertz CT molecular complexity index is 1780. The van der Waals surface area contributed by atoms with E-state index < -0.39 is 41.2 Å². The lowest BCUT2D eigenvalue weighted by Crippen LogP contribution is -2.58. The molecule has 3 aliphatic rings. The summed E-state index contributed by atoms with van der Waals surface area (Å²) >= 11 is 6.54. The number of anilines is 2. The van der Waals surface area contributed by atoms with Crippen molar-refractivity contribution in [2.75, 3.05) is 25.3 Å². The average molecular weight is 601 g/mol. The summed E-state index contributed by atoms with van der Waals surface area (Å²) in [4.78, 5) is 48.8. The highest BCUT2D eigenvalue weighted by molar-refractivity contribution is 6.36. The Labute approximate surface area is 241 Å². The van der Waals surface area contributed by atoms with Crippen LogP contribution in [0.3, 0.4) is 0 Å². The Kier molecular flexibility index (Phi) is 6.37. The number of allylic oxidation sites excluding steroid dienone is 1. The number of H-pyrrole nitrogens is 1. The molecule has 4 N–H and O–H groups in total. The lowest BCUT2D eigenvalue weighted by atomic mass is 9.66. The number of nitrogens with one attached hydrogen (secondary N) is 2. The van der Waals surface area contributed by atoms with Crippen molar-refractivity contribution in [3.63, 3.8) is 0 Å². The fraction of sp³-hybridized carbons (Fsp3) is 0.286. The molecule has 0 radical (unpaired) electrons. The van der Waals surface area contributed by atoms with Crippen molar-refractivity contribution in [2.45, 2.75) is 31.5 Å². The Hall–Kier alpha value is -4.65. The maximum Gasteiger partial charge on any atom is 0.387 e. The first-order valence-corrected chi connectivity index (χ1v) is 13.1. The summed E-state index contributed by atoms with van der Waals surface area (Å²) in [5, 5.41) is 3.02. The van der Waals surface area contributed by atoms with E-state index in [1.54, 1.807) is 13.0 Å². The van der Waals surface area contributed by atoms with E-state index in [0.29, 0.717) is 5.70 Å². The number of nitrogen functional groups attached to an aromatic ring is 1. The molecule has 42 heavy (non-hydrogen) atoms. The molecule has 0 amide bonds. The summed E-state index contributed by atoms with van der Waals surface area (Å²) in [6.07, 6.45) is 0.107. The third-order valence-corrected chi connectivity index (χ3v) is 8.12. The van der Waals surface area contributed by atoms with Crippen LogP contribution in [0.15, 0.2) is 46.4 Å². The van der Waals surface area contributed by atoms with Gasteiger partial charge in [-0.25, -0.2) is 0 Å². The standard InChI is InChI=1S/C28H23ClF2N4O7/c1-10-7-13-17(22(36)28(10)23(37)18-14(39-2)9-15(40-3)20(29)21(18)42-28)16(11-5-4-6-12(8-11)41-26(30)31)19-24(33-13)34-27(32)35-25(19)38/h4-6,8-10,16,26H,7H2,1-3H3,(H4,32,33,34,35,38)/t10-,16?,28+/m1/s1. The van der Waals surface area contributed by atoms with Crippen LogP contribution in [0, 0.1) is 5.92 Å². The van der Waals surface area contributed by atoms with Gasteiger partial charge in [-0.05, 0) is 24.1 Å². The number of benzene rings is 2. The van der Waals surface area contributed by atoms with Gasteiger partial charge in [-0.1, -0.05) is 30.7 Å². The van der Waals surface area contributed by atoms with E-state index in [1.165, 1.54) is 38.5 Å². The van der Waals surface area contributed by atoms with E-state index in [9.17, 15) is 23.2 Å². The van der Waals surface area contributed by atoms with Crippen molar-refractivity contribution in [1.29, 1.82) is 0 Å². The molecule has 2 aliphatic heterocycles. The van der Waals surface area contributed by atoms with Crippen molar-refractivity contribution in [2.24, 2.45) is 5.92 Å². The zero-order valence-corrected chi connectivity index (χ0v) is 23.1. The molecule has 3 atom stereocenters. The zero-order chi connectivity index (χ0) is 30.1. The van der Waals surface area contributed by atoms with Crippen LogP contribution in [0.5, 0.6) is 23.0 Å². The number of nitrogens with zero attached hydrogens (tertiary/aromatic N) is 1. The Morgan fingerprint density at radius 1 is 1.14 bits per heavy atom. The lowest BCUT2D eigenvalue weighted by molar-refractivity contribution is -0.130. The molecule has 1 aliphatic carbocycles. The third kappa shape index (κ3) is 3.83. The van der Waals surface area contributed by atoms with Crippen LogP contribution >= 0.6 is 11.6 Å². The first-order valence-electron chi connectivity index (χ1n) is 12.7. The summed E-state index contributed by atoms with van der Waals surface area (Å²) < 4.78 is 47.7. The molecule has 6 rings (SSSR count). The molecule has 0 saturated heterocycles. The number of halogens is 3. The van der Waals surface area contributed by atoms with Crippen LogP contribution in [-0.2, 0) is 4.79 Å². The maximum absolute atomic E-state index is 14.7. The van der Waals surface area contributed by atoms with Gasteiger partial charge in [-0.3, -0.25) is 19.4 Å². The second-order valence-electron chi connectivity index (χ2n) is 10.0. The highest BCUT2D eigenvalue weighted by atomic mass is 35.5. The molecule has 0 bridgehead atoms. The molecular weight excluding hydrogens is 578 g/mol. The van der Waals surface area contributed by atoms with Gasteiger partial charge in [0, 0.05) is 29.2 Å². The summed E-state index contributed by atoms with van der Waals surface area (Å²) in [6, 6.07) is 7.03. The molecule has 0 saturated carbocycles. The molecule has 218 valence electrons. The minimum Gasteiger partial charge on any atom is -0.496 e. The molecule has 0 fully saturated rings. The number of ketones is 2. The first kappa shape index (κ1) is 27.5. The molecule has 2 aromatic carbocycles. The summed E-state index contributed by atoms with van der Waals surface area (Å²) in [7, 11) is 2.73. The Morgan fingerprint density at radius 3 is 2.57 bits per heavy atom. The van der Waals surface area contributed by atoms with Crippen molar-refractivity contribution < 1.29 is 37.3 Å². The number of rotatable bonds is 5. The molecule has 1 unspecified atom stereocenters. The summed E-state index contributed by atoms with van der Waals surface area (Å²) in [5.74, 6) is -3.38. The monoisotopic (exact) mass is 600 g/mol. The molecule has 3 aromatic rings. The highest BCUT2D eigenvalue weighted by Gasteiger charge is 2.63. The van der Waals surface area contributed by atoms with Crippen LogP contribution in [0.2, 0.25) is 5.02 Å². The van der Waals surface area contributed by atoms with Gasteiger partial charge in [0.25, 0.3) is 5.56 Å². The van der Waals surface area contributed by atoms with Crippen molar-refractivity contribution in [3.8, 4) is 23.0 Å². The minimum atomic E-state index is -3.11. The van der Waals surface area contributed by atoms with Crippen molar-refractivity contribution >= 4 is 34.9 Å². The van der Waals surface area contributed by atoms with Crippen LogP contribution in [0.4, 0.5) is 20.5 Å². The number of methoxy groups -OCH3 is 2. The fourth-order valence-electron chi connectivity index (χ4n) is 5.97. The zero-order valence-electron chi connectivity index (χ0n) is 22.3. The first-order chi connectivity index (χ1) is 20.0. The second-order valence-corrected chi connectivity index (χ2v) is 10.4. The number of aromatic nitrogens is 2. The van der Waals surface area contributed by atoms with E-state index in [1.807, 2.05) is 0 Å². The Balaban J connectivity index is 1.57. The van der Waals surface area contributed by atoms with Crippen LogP contribution in [0.1, 0.15) is 40.7 Å². The molecular formula is C28H23ClF2N4O7. The quantitative estimate of drug-likeness (QED) is 0.365. The largest absolute Gasteiger partial charge is 0.496 e. The van der Waals surface area contributed by atoms with Crippen LogP contribution in [-0.4, -0.2) is 48.0 Å². The number of aromatic amines is 1. The minimum absolute atomic E-state index is 0.00422. The van der Waals surface area contributed by atoms with Crippen LogP contribution in [0.25, 0.3) is 0 Å². The van der Waals surface area contributed by atoms with Gasteiger partial charge in [-0.15, -0.1) is 0 Å². The van der Waals surface area contributed by atoms with Gasteiger partial charge in [0.2, 0.25) is 23.1 Å². The van der Waals surface area contributed by atoms with Crippen molar-refractivity contribution in [1.82, 2.24) is 9.97 Å². The number of nitrogens with two attached hydrogens (primary N) is 1. The highest BCUT2D eigenvalue weighted by Crippen LogP contribution is 2.56. The molecule has 1 spiro atoms. The molecule has 11 nitrogen and oxygen atoms in total.